The van der Waals surface area contributed by atoms with Crippen molar-refractivity contribution < 1.29 is 13.9 Å². The van der Waals surface area contributed by atoms with Crippen LogP contribution in [0.15, 0.2) is 59.3 Å². The number of furan rings is 1. The van der Waals surface area contributed by atoms with Gasteiger partial charge in [-0.1, -0.05) is 37.6 Å². The summed E-state index contributed by atoms with van der Waals surface area (Å²) in [4.78, 5) is 16.4. The lowest BCUT2D eigenvalue weighted by Gasteiger charge is -2.17. The highest BCUT2D eigenvalue weighted by atomic mass is 16.5. The lowest BCUT2D eigenvalue weighted by molar-refractivity contribution is -0.126. The molecule has 0 spiro atoms. The smallest absolute Gasteiger partial charge is 0.246 e. The minimum atomic E-state index is -0.400. The van der Waals surface area contributed by atoms with Gasteiger partial charge in [0.25, 0.3) is 0 Å². The average Bonchev–Trinajstić information content (AvgIpc) is 3.08. The molecule has 2 heterocycles. The molecular formula is C20H22N2O3. The molecule has 1 amide bonds. The van der Waals surface area contributed by atoms with E-state index in [1.807, 2.05) is 42.5 Å². The molecule has 130 valence electrons. The second-order valence-electron chi connectivity index (χ2n) is 5.88. The molecular weight excluding hydrogens is 316 g/mol. The molecule has 25 heavy (non-hydrogen) atoms. The molecule has 2 aromatic heterocycles. The Morgan fingerprint density at radius 1 is 1.28 bits per heavy atom. The predicted molar refractivity (Wildman–Crippen MR) is 96.2 cm³/mol. The van der Waals surface area contributed by atoms with E-state index in [9.17, 15) is 4.79 Å². The standard InChI is InChI=1S/C20H22N2O3/c1-2-3-11-24-14-19(23)22-20(16-8-6-10-21-13-16)18-12-15-7-4-5-9-17(15)25-18/h4-10,12-13,20H,2-3,11,14H2,1H3,(H,22,23). The van der Waals surface area contributed by atoms with E-state index in [-0.39, 0.29) is 12.5 Å². The van der Waals surface area contributed by atoms with Crippen molar-refractivity contribution in [3.05, 3.63) is 66.2 Å². The van der Waals surface area contributed by atoms with Crippen molar-refractivity contribution in [2.45, 2.75) is 25.8 Å². The van der Waals surface area contributed by atoms with Crippen molar-refractivity contribution >= 4 is 16.9 Å². The number of hydrogen-bond acceptors (Lipinski definition) is 4. The molecule has 0 aliphatic heterocycles. The summed E-state index contributed by atoms with van der Waals surface area (Å²) in [5, 5.41) is 3.99. The maximum Gasteiger partial charge on any atom is 0.246 e. The highest BCUT2D eigenvalue weighted by molar-refractivity contribution is 5.80. The lowest BCUT2D eigenvalue weighted by Crippen LogP contribution is -2.32. The van der Waals surface area contributed by atoms with Crippen LogP contribution in [0.5, 0.6) is 0 Å². The number of ether oxygens (including phenoxy) is 1. The topological polar surface area (TPSA) is 64.4 Å². The zero-order valence-electron chi connectivity index (χ0n) is 14.3. The van der Waals surface area contributed by atoms with E-state index in [2.05, 4.69) is 17.2 Å². The van der Waals surface area contributed by atoms with E-state index in [1.165, 1.54) is 0 Å². The Hall–Kier alpha value is -2.66. The first-order valence-electron chi connectivity index (χ1n) is 8.53. The van der Waals surface area contributed by atoms with Crippen molar-refractivity contribution in [2.75, 3.05) is 13.2 Å². The molecule has 3 aromatic rings. The van der Waals surface area contributed by atoms with Gasteiger partial charge in [-0.3, -0.25) is 9.78 Å². The number of nitrogens with one attached hydrogen (secondary N) is 1. The minimum Gasteiger partial charge on any atom is -0.459 e. The van der Waals surface area contributed by atoms with Crippen molar-refractivity contribution in [3.63, 3.8) is 0 Å². The molecule has 0 aliphatic carbocycles. The fourth-order valence-corrected chi connectivity index (χ4v) is 2.62. The van der Waals surface area contributed by atoms with Crippen LogP contribution in [0.4, 0.5) is 0 Å². The third-order valence-corrected chi connectivity index (χ3v) is 3.93. The van der Waals surface area contributed by atoms with Crippen LogP contribution in [-0.2, 0) is 9.53 Å². The van der Waals surface area contributed by atoms with Gasteiger partial charge in [0.2, 0.25) is 5.91 Å². The van der Waals surface area contributed by atoms with Crippen LogP contribution in [0.1, 0.15) is 37.1 Å². The second kappa shape index (κ2) is 8.44. The number of carbonyl (C=O) groups is 1. The third kappa shape index (κ3) is 4.45. The zero-order chi connectivity index (χ0) is 17.5. The van der Waals surface area contributed by atoms with Gasteiger partial charge in [0, 0.05) is 30.0 Å². The molecule has 1 atom stereocenters. The van der Waals surface area contributed by atoms with Crippen LogP contribution >= 0.6 is 0 Å². The highest BCUT2D eigenvalue weighted by Crippen LogP contribution is 2.27. The molecule has 0 aliphatic rings. The van der Waals surface area contributed by atoms with Gasteiger partial charge in [0.05, 0.1) is 0 Å². The Kier molecular flexibility index (Phi) is 5.80. The van der Waals surface area contributed by atoms with Gasteiger partial charge in [-0.15, -0.1) is 0 Å². The maximum absolute atomic E-state index is 12.3. The van der Waals surface area contributed by atoms with E-state index < -0.39 is 6.04 Å². The summed E-state index contributed by atoms with van der Waals surface area (Å²) < 4.78 is 11.4. The first kappa shape index (κ1) is 17.2. The monoisotopic (exact) mass is 338 g/mol. The Morgan fingerprint density at radius 3 is 2.92 bits per heavy atom. The predicted octanol–water partition coefficient (Wildman–Crippen LogP) is 3.85. The lowest BCUT2D eigenvalue weighted by atomic mass is 10.1. The number of para-hydroxylation sites is 1. The number of fused-ring (bicyclic) bond motifs is 1. The Labute approximate surface area is 147 Å². The molecule has 0 saturated heterocycles. The summed E-state index contributed by atoms with van der Waals surface area (Å²) in [6, 6.07) is 13.1. The largest absolute Gasteiger partial charge is 0.459 e. The van der Waals surface area contributed by atoms with Crippen molar-refractivity contribution in [1.29, 1.82) is 0 Å². The maximum atomic E-state index is 12.3. The minimum absolute atomic E-state index is 0.0387. The average molecular weight is 338 g/mol. The van der Waals surface area contributed by atoms with E-state index in [4.69, 9.17) is 9.15 Å². The van der Waals surface area contributed by atoms with Crippen molar-refractivity contribution in [3.8, 4) is 0 Å². The normalized spacial score (nSPS) is 12.2. The SMILES string of the molecule is CCCCOCC(=O)NC(c1cccnc1)c1cc2ccccc2o1. The molecule has 0 radical (unpaired) electrons. The van der Waals surface area contributed by atoms with E-state index >= 15 is 0 Å². The summed E-state index contributed by atoms with van der Waals surface area (Å²) in [6.45, 7) is 2.71. The molecule has 0 fully saturated rings. The first-order valence-corrected chi connectivity index (χ1v) is 8.53. The fourth-order valence-electron chi connectivity index (χ4n) is 2.62. The summed E-state index contributed by atoms with van der Waals surface area (Å²) in [7, 11) is 0. The van der Waals surface area contributed by atoms with Gasteiger partial charge in [0.1, 0.15) is 24.0 Å². The van der Waals surface area contributed by atoms with Crippen LogP contribution in [0.3, 0.4) is 0 Å². The van der Waals surface area contributed by atoms with E-state index in [0.29, 0.717) is 12.4 Å². The highest BCUT2D eigenvalue weighted by Gasteiger charge is 2.21. The van der Waals surface area contributed by atoms with Gasteiger partial charge in [-0.2, -0.15) is 0 Å². The van der Waals surface area contributed by atoms with Gasteiger partial charge in [-0.25, -0.2) is 0 Å². The number of rotatable bonds is 8. The molecule has 0 saturated carbocycles. The van der Waals surface area contributed by atoms with Gasteiger partial charge < -0.3 is 14.5 Å². The number of amides is 1. The van der Waals surface area contributed by atoms with Gasteiger partial charge in [-0.05, 0) is 24.6 Å². The van der Waals surface area contributed by atoms with E-state index in [1.54, 1.807) is 12.4 Å². The first-order chi connectivity index (χ1) is 12.3. The third-order valence-electron chi connectivity index (χ3n) is 3.93. The number of hydrogen-bond donors (Lipinski definition) is 1. The van der Waals surface area contributed by atoms with Crippen molar-refractivity contribution in [2.24, 2.45) is 0 Å². The quantitative estimate of drug-likeness (QED) is 0.634. The van der Waals surface area contributed by atoms with Crippen LogP contribution in [-0.4, -0.2) is 24.1 Å². The Balaban J connectivity index is 1.79. The molecule has 1 aromatic carbocycles. The molecule has 5 heteroatoms. The van der Waals surface area contributed by atoms with Crippen LogP contribution in [0.2, 0.25) is 0 Å². The number of pyridine rings is 1. The molecule has 1 unspecified atom stereocenters. The molecule has 0 bridgehead atoms. The van der Waals surface area contributed by atoms with Crippen LogP contribution in [0.25, 0.3) is 11.0 Å². The Bertz CT molecular complexity index is 781. The number of carbonyl (C=O) groups excluding carboxylic acids is 1. The summed E-state index contributed by atoms with van der Waals surface area (Å²) >= 11 is 0. The second-order valence-corrected chi connectivity index (χ2v) is 5.88. The number of unbranched alkanes of at least 4 members (excludes halogenated alkanes) is 1. The van der Waals surface area contributed by atoms with Crippen LogP contribution < -0.4 is 5.32 Å². The summed E-state index contributed by atoms with van der Waals surface area (Å²) in [5.41, 5.74) is 1.66. The Morgan fingerprint density at radius 2 is 2.16 bits per heavy atom. The van der Waals surface area contributed by atoms with Crippen LogP contribution in [0, 0.1) is 0 Å². The summed E-state index contributed by atoms with van der Waals surface area (Å²) in [6.07, 6.45) is 5.42. The fraction of sp³-hybridized carbons (Fsp3) is 0.300. The zero-order valence-corrected chi connectivity index (χ0v) is 14.3. The molecule has 5 nitrogen and oxygen atoms in total. The molecule has 1 N–H and O–H groups in total. The number of aromatic nitrogens is 1. The van der Waals surface area contributed by atoms with Gasteiger partial charge >= 0.3 is 0 Å². The van der Waals surface area contributed by atoms with Gasteiger partial charge in [0.15, 0.2) is 0 Å². The van der Waals surface area contributed by atoms with Crippen molar-refractivity contribution in [1.82, 2.24) is 10.3 Å². The molecule has 3 rings (SSSR count). The van der Waals surface area contributed by atoms with E-state index in [0.717, 1.165) is 29.4 Å². The number of benzene rings is 1. The number of nitrogens with zero attached hydrogens (tertiary/aromatic N) is 1. The summed E-state index contributed by atoms with van der Waals surface area (Å²) in [5.74, 6) is 0.501.